The maximum atomic E-state index is 11.3. The number of carbonyl (C=O) groups excluding carboxylic acids is 1. The van der Waals surface area contributed by atoms with Crippen molar-refractivity contribution in [3.63, 3.8) is 0 Å². The smallest absolute Gasteiger partial charge is 0.331 e. The number of allylic oxidation sites excluding steroid dienone is 1. The van der Waals surface area contributed by atoms with E-state index in [9.17, 15) is 4.79 Å². The second-order valence-electron chi connectivity index (χ2n) is 3.64. The van der Waals surface area contributed by atoms with E-state index in [0.717, 1.165) is 16.9 Å². The predicted octanol–water partition coefficient (Wildman–Crippen LogP) is 2.70. The molecule has 0 aliphatic rings. The van der Waals surface area contributed by atoms with Crippen molar-refractivity contribution >= 4 is 5.97 Å². The minimum Gasteiger partial charge on any atom is -0.496 e. The molecule has 1 aromatic rings. The maximum absolute atomic E-state index is 11.3. The molecule has 0 unspecified atom stereocenters. The molecule has 0 heterocycles. The van der Waals surface area contributed by atoms with Crippen molar-refractivity contribution in [3.05, 3.63) is 41.5 Å². The molecule has 0 aliphatic carbocycles. The van der Waals surface area contributed by atoms with Crippen molar-refractivity contribution in [2.24, 2.45) is 0 Å². The highest BCUT2D eigenvalue weighted by Gasteiger charge is 2.04. The van der Waals surface area contributed by atoms with Gasteiger partial charge in [0.2, 0.25) is 0 Å². The molecule has 86 valence electrons. The van der Waals surface area contributed by atoms with Crippen LogP contribution >= 0.6 is 0 Å². The van der Waals surface area contributed by atoms with Crippen molar-refractivity contribution < 1.29 is 14.3 Å². The first-order valence-corrected chi connectivity index (χ1v) is 5.07. The topological polar surface area (TPSA) is 35.5 Å². The monoisotopic (exact) mass is 220 g/mol. The van der Waals surface area contributed by atoms with Gasteiger partial charge in [-0.3, -0.25) is 0 Å². The Labute approximate surface area is 95.7 Å². The first-order chi connectivity index (χ1) is 7.63. The summed E-state index contributed by atoms with van der Waals surface area (Å²) in [5.41, 5.74) is 1.78. The van der Waals surface area contributed by atoms with Gasteiger partial charge in [0.1, 0.15) is 12.4 Å². The zero-order valence-corrected chi connectivity index (χ0v) is 9.82. The van der Waals surface area contributed by atoms with Gasteiger partial charge in [-0.2, -0.15) is 0 Å². The molecule has 0 saturated heterocycles. The van der Waals surface area contributed by atoms with Crippen molar-refractivity contribution in [1.82, 2.24) is 0 Å². The molecule has 0 bridgehead atoms. The Bertz CT molecular complexity index is 390. The minimum atomic E-state index is -0.328. The van der Waals surface area contributed by atoms with Gasteiger partial charge >= 0.3 is 5.97 Å². The van der Waals surface area contributed by atoms with Crippen LogP contribution in [0.4, 0.5) is 0 Å². The van der Waals surface area contributed by atoms with Crippen molar-refractivity contribution in [1.29, 1.82) is 0 Å². The number of esters is 1. The summed E-state index contributed by atoms with van der Waals surface area (Å²) in [5.74, 6) is 0.401. The fourth-order valence-corrected chi connectivity index (χ4v) is 1.25. The number of ether oxygens (including phenoxy) is 2. The highest BCUT2D eigenvalue weighted by molar-refractivity contribution is 5.82. The number of para-hydroxylation sites is 1. The van der Waals surface area contributed by atoms with Crippen LogP contribution in [0.2, 0.25) is 0 Å². The predicted molar refractivity (Wildman–Crippen MR) is 62.2 cm³/mol. The first-order valence-electron chi connectivity index (χ1n) is 5.07. The summed E-state index contributed by atoms with van der Waals surface area (Å²) < 4.78 is 10.2. The van der Waals surface area contributed by atoms with Crippen LogP contribution in [0.5, 0.6) is 5.75 Å². The largest absolute Gasteiger partial charge is 0.496 e. The molecule has 0 amide bonds. The number of benzene rings is 1. The van der Waals surface area contributed by atoms with Gasteiger partial charge in [0.05, 0.1) is 7.11 Å². The van der Waals surface area contributed by atoms with Gasteiger partial charge in [0, 0.05) is 11.6 Å². The van der Waals surface area contributed by atoms with E-state index in [2.05, 4.69) is 0 Å². The van der Waals surface area contributed by atoms with Crippen LogP contribution < -0.4 is 4.74 Å². The van der Waals surface area contributed by atoms with E-state index in [0.29, 0.717) is 0 Å². The molecule has 0 atom stereocenters. The minimum absolute atomic E-state index is 0.229. The van der Waals surface area contributed by atoms with Crippen molar-refractivity contribution in [2.75, 3.05) is 7.11 Å². The molecule has 0 aromatic heterocycles. The van der Waals surface area contributed by atoms with E-state index < -0.39 is 0 Å². The van der Waals surface area contributed by atoms with Crippen LogP contribution in [0.1, 0.15) is 19.4 Å². The van der Waals surface area contributed by atoms with Gasteiger partial charge in [0.15, 0.2) is 0 Å². The normalized spacial score (nSPS) is 9.44. The third-order valence-corrected chi connectivity index (χ3v) is 1.97. The van der Waals surface area contributed by atoms with E-state index in [1.54, 1.807) is 7.11 Å². The molecule has 16 heavy (non-hydrogen) atoms. The van der Waals surface area contributed by atoms with Crippen LogP contribution in [-0.2, 0) is 16.1 Å². The van der Waals surface area contributed by atoms with Crippen LogP contribution in [-0.4, -0.2) is 13.1 Å². The zero-order chi connectivity index (χ0) is 12.0. The standard InChI is InChI=1S/C13H16O3/c1-10(2)8-13(14)16-9-11-6-4-5-7-12(11)15-3/h4-8H,9H2,1-3H3. The quantitative estimate of drug-likeness (QED) is 0.578. The summed E-state index contributed by atoms with van der Waals surface area (Å²) in [6.45, 7) is 3.93. The molecule has 0 radical (unpaired) electrons. The summed E-state index contributed by atoms with van der Waals surface area (Å²) in [6, 6.07) is 7.46. The number of hydrogen-bond acceptors (Lipinski definition) is 3. The van der Waals surface area contributed by atoms with Crippen LogP contribution in [0.25, 0.3) is 0 Å². The van der Waals surface area contributed by atoms with Gasteiger partial charge in [-0.15, -0.1) is 0 Å². The molecule has 1 aromatic carbocycles. The van der Waals surface area contributed by atoms with Crippen LogP contribution in [0, 0.1) is 0 Å². The maximum Gasteiger partial charge on any atom is 0.331 e. The van der Waals surface area contributed by atoms with E-state index in [-0.39, 0.29) is 12.6 Å². The molecular weight excluding hydrogens is 204 g/mol. The summed E-state index contributed by atoms with van der Waals surface area (Å²) in [6.07, 6.45) is 1.47. The van der Waals surface area contributed by atoms with Crippen LogP contribution in [0.15, 0.2) is 35.9 Å². The molecule has 0 fully saturated rings. The summed E-state index contributed by atoms with van der Waals surface area (Å²) in [5, 5.41) is 0. The average Bonchev–Trinajstić information content (AvgIpc) is 2.26. The SMILES string of the molecule is COc1ccccc1COC(=O)C=C(C)C. The Morgan fingerprint density at radius 1 is 1.31 bits per heavy atom. The van der Waals surface area contributed by atoms with Gasteiger partial charge < -0.3 is 9.47 Å². The number of hydrogen-bond donors (Lipinski definition) is 0. The van der Waals surface area contributed by atoms with Gasteiger partial charge in [0.25, 0.3) is 0 Å². The zero-order valence-electron chi connectivity index (χ0n) is 9.82. The van der Waals surface area contributed by atoms with Gasteiger partial charge in [-0.25, -0.2) is 4.79 Å². The van der Waals surface area contributed by atoms with Crippen LogP contribution in [0.3, 0.4) is 0 Å². The lowest BCUT2D eigenvalue weighted by Crippen LogP contribution is -2.02. The second-order valence-corrected chi connectivity index (χ2v) is 3.64. The van der Waals surface area contributed by atoms with Gasteiger partial charge in [-0.05, 0) is 19.9 Å². The number of rotatable bonds is 4. The molecular formula is C13H16O3. The molecule has 1 rings (SSSR count). The second kappa shape index (κ2) is 5.95. The lowest BCUT2D eigenvalue weighted by molar-refractivity contribution is -0.139. The Balaban J connectivity index is 2.61. The van der Waals surface area contributed by atoms with E-state index in [1.807, 2.05) is 38.1 Å². The summed E-state index contributed by atoms with van der Waals surface area (Å²) >= 11 is 0. The van der Waals surface area contributed by atoms with Crippen molar-refractivity contribution in [3.8, 4) is 5.75 Å². The third kappa shape index (κ3) is 3.77. The average molecular weight is 220 g/mol. The molecule has 0 saturated carbocycles. The molecule has 0 spiro atoms. The Kier molecular flexibility index (Phi) is 4.58. The molecule has 3 nitrogen and oxygen atoms in total. The Morgan fingerprint density at radius 2 is 2.00 bits per heavy atom. The molecule has 0 N–H and O–H groups in total. The highest BCUT2D eigenvalue weighted by Crippen LogP contribution is 2.18. The lowest BCUT2D eigenvalue weighted by atomic mass is 10.2. The number of carbonyl (C=O) groups is 1. The Morgan fingerprint density at radius 3 is 2.62 bits per heavy atom. The van der Waals surface area contributed by atoms with E-state index in [4.69, 9.17) is 9.47 Å². The third-order valence-electron chi connectivity index (χ3n) is 1.97. The summed E-state index contributed by atoms with van der Waals surface area (Å²) in [4.78, 5) is 11.3. The van der Waals surface area contributed by atoms with Gasteiger partial charge in [-0.1, -0.05) is 23.8 Å². The fraction of sp³-hybridized carbons (Fsp3) is 0.308. The van der Waals surface area contributed by atoms with E-state index in [1.165, 1.54) is 6.08 Å². The fourth-order valence-electron chi connectivity index (χ4n) is 1.25. The summed E-state index contributed by atoms with van der Waals surface area (Å²) in [7, 11) is 1.59. The Hall–Kier alpha value is -1.77. The van der Waals surface area contributed by atoms with E-state index >= 15 is 0 Å². The lowest BCUT2D eigenvalue weighted by Gasteiger charge is -2.07. The molecule has 0 aliphatic heterocycles. The molecule has 3 heteroatoms. The highest BCUT2D eigenvalue weighted by atomic mass is 16.5. The van der Waals surface area contributed by atoms with Crippen molar-refractivity contribution in [2.45, 2.75) is 20.5 Å². The first kappa shape index (κ1) is 12.3. The number of methoxy groups -OCH3 is 1.